The fourth-order valence-corrected chi connectivity index (χ4v) is 1.57. The molecule has 0 bridgehead atoms. The molecule has 0 unspecified atom stereocenters. The Hall–Kier alpha value is -1.88. The maximum absolute atomic E-state index is 9.50. The molecule has 0 spiro atoms. The lowest BCUT2D eigenvalue weighted by Gasteiger charge is -2.07. The molecule has 1 N–H and O–H groups in total. The molecule has 2 rings (SSSR count). The van der Waals surface area contributed by atoms with Crippen LogP contribution >= 0.6 is 0 Å². The van der Waals surface area contributed by atoms with E-state index in [1.165, 1.54) is 0 Å². The van der Waals surface area contributed by atoms with Crippen molar-refractivity contribution in [2.75, 3.05) is 0 Å². The third kappa shape index (κ3) is 3.54. The summed E-state index contributed by atoms with van der Waals surface area (Å²) in [4.78, 5) is 4.23. The van der Waals surface area contributed by atoms with E-state index in [1.54, 1.807) is 13.0 Å². The lowest BCUT2D eigenvalue weighted by molar-refractivity contribution is 0.197. The molecule has 2 aromatic rings. The predicted molar refractivity (Wildman–Crippen MR) is 69.8 cm³/mol. The van der Waals surface area contributed by atoms with Gasteiger partial charge in [-0.15, -0.1) is 0 Å². The SMILES string of the molecule is CC(C)c1noc(COc2cccc([C@H](C)O)c2)n1. The Morgan fingerprint density at radius 2 is 2.11 bits per heavy atom. The van der Waals surface area contributed by atoms with Crippen molar-refractivity contribution < 1.29 is 14.4 Å². The van der Waals surface area contributed by atoms with Crippen LogP contribution in [0.5, 0.6) is 5.75 Å². The van der Waals surface area contributed by atoms with Crippen molar-refractivity contribution in [2.45, 2.75) is 39.4 Å². The number of aliphatic hydroxyl groups excluding tert-OH is 1. The zero-order valence-electron chi connectivity index (χ0n) is 11.3. The smallest absolute Gasteiger partial charge is 0.264 e. The van der Waals surface area contributed by atoms with Crippen LogP contribution in [0, 0.1) is 0 Å². The molecule has 19 heavy (non-hydrogen) atoms. The highest BCUT2D eigenvalue weighted by atomic mass is 16.5. The minimum atomic E-state index is -0.514. The maximum atomic E-state index is 9.50. The predicted octanol–water partition coefficient (Wildman–Crippen LogP) is 2.83. The number of hydrogen-bond donors (Lipinski definition) is 1. The molecule has 1 atom stereocenters. The van der Waals surface area contributed by atoms with Crippen molar-refractivity contribution in [3.63, 3.8) is 0 Å². The molecular weight excluding hydrogens is 244 g/mol. The number of nitrogens with zero attached hydrogens (tertiary/aromatic N) is 2. The van der Waals surface area contributed by atoms with E-state index in [9.17, 15) is 5.11 Å². The van der Waals surface area contributed by atoms with Gasteiger partial charge in [0, 0.05) is 5.92 Å². The lowest BCUT2D eigenvalue weighted by atomic mass is 10.1. The van der Waals surface area contributed by atoms with E-state index in [2.05, 4.69) is 10.1 Å². The molecule has 102 valence electrons. The van der Waals surface area contributed by atoms with Crippen LogP contribution in [0.15, 0.2) is 28.8 Å². The van der Waals surface area contributed by atoms with Crippen LogP contribution in [0.2, 0.25) is 0 Å². The Kier molecular flexibility index (Phi) is 4.16. The third-order valence-corrected chi connectivity index (χ3v) is 2.70. The minimum absolute atomic E-state index is 0.225. The first-order chi connectivity index (χ1) is 9.06. The Bertz CT molecular complexity index is 535. The molecular formula is C14H18N2O3. The second-order valence-corrected chi connectivity index (χ2v) is 4.74. The van der Waals surface area contributed by atoms with Gasteiger partial charge in [-0.05, 0) is 24.6 Å². The molecule has 0 saturated heterocycles. The van der Waals surface area contributed by atoms with E-state index < -0.39 is 6.10 Å². The first kappa shape index (κ1) is 13.5. The number of aliphatic hydroxyl groups is 1. The average molecular weight is 262 g/mol. The fourth-order valence-electron chi connectivity index (χ4n) is 1.57. The molecule has 0 aliphatic carbocycles. The van der Waals surface area contributed by atoms with Gasteiger partial charge in [0.25, 0.3) is 5.89 Å². The van der Waals surface area contributed by atoms with Crippen molar-refractivity contribution in [1.29, 1.82) is 0 Å². The average Bonchev–Trinajstić information content (AvgIpc) is 2.85. The van der Waals surface area contributed by atoms with Crippen molar-refractivity contribution in [2.24, 2.45) is 0 Å². The molecule has 1 aromatic heterocycles. The summed E-state index contributed by atoms with van der Waals surface area (Å²) < 4.78 is 10.7. The van der Waals surface area contributed by atoms with Crippen molar-refractivity contribution >= 4 is 0 Å². The highest BCUT2D eigenvalue weighted by Gasteiger charge is 2.10. The summed E-state index contributed by atoms with van der Waals surface area (Å²) in [6.07, 6.45) is -0.514. The second kappa shape index (κ2) is 5.84. The van der Waals surface area contributed by atoms with E-state index in [-0.39, 0.29) is 12.5 Å². The third-order valence-electron chi connectivity index (χ3n) is 2.70. The number of aromatic nitrogens is 2. The molecule has 5 heteroatoms. The van der Waals surface area contributed by atoms with Crippen LogP contribution < -0.4 is 4.74 Å². The van der Waals surface area contributed by atoms with E-state index in [1.807, 2.05) is 32.0 Å². The molecule has 0 radical (unpaired) electrons. The first-order valence-corrected chi connectivity index (χ1v) is 6.29. The van der Waals surface area contributed by atoms with Gasteiger partial charge < -0.3 is 14.4 Å². The van der Waals surface area contributed by atoms with Crippen molar-refractivity contribution in [3.05, 3.63) is 41.5 Å². The standard InChI is InChI=1S/C14H18N2O3/c1-9(2)14-15-13(19-16-14)8-18-12-6-4-5-11(7-12)10(3)17/h4-7,9-10,17H,8H2,1-3H3/t10-/m0/s1. The van der Waals surface area contributed by atoms with Crippen LogP contribution in [0.4, 0.5) is 0 Å². The Balaban J connectivity index is 1.99. The monoisotopic (exact) mass is 262 g/mol. The number of benzene rings is 1. The Labute approximate surface area is 112 Å². The Morgan fingerprint density at radius 3 is 2.74 bits per heavy atom. The molecule has 1 heterocycles. The van der Waals surface area contributed by atoms with Crippen LogP contribution in [0.3, 0.4) is 0 Å². The molecule has 0 amide bonds. The van der Waals surface area contributed by atoms with Crippen molar-refractivity contribution in [1.82, 2.24) is 10.1 Å². The van der Waals surface area contributed by atoms with E-state index >= 15 is 0 Å². The molecule has 5 nitrogen and oxygen atoms in total. The summed E-state index contributed by atoms with van der Waals surface area (Å²) in [5.41, 5.74) is 0.811. The highest BCUT2D eigenvalue weighted by molar-refractivity contribution is 5.29. The number of ether oxygens (including phenoxy) is 1. The number of rotatable bonds is 5. The van der Waals surface area contributed by atoms with Crippen LogP contribution in [0.1, 0.15) is 50.1 Å². The van der Waals surface area contributed by atoms with Gasteiger partial charge in [0.05, 0.1) is 6.10 Å². The number of hydrogen-bond acceptors (Lipinski definition) is 5. The normalized spacial score (nSPS) is 12.7. The molecule has 0 aliphatic rings. The van der Waals surface area contributed by atoms with Gasteiger partial charge >= 0.3 is 0 Å². The quantitative estimate of drug-likeness (QED) is 0.897. The van der Waals surface area contributed by atoms with Gasteiger partial charge in [-0.25, -0.2) is 0 Å². The van der Waals surface area contributed by atoms with Gasteiger partial charge in [0.15, 0.2) is 12.4 Å². The summed E-state index contributed by atoms with van der Waals surface area (Å²) in [5, 5.41) is 13.4. The maximum Gasteiger partial charge on any atom is 0.264 e. The topological polar surface area (TPSA) is 68.4 Å². The van der Waals surface area contributed by atoms with E-state index in [4.69, 9.17) is 9.26 Å². The van der Waals surface area contributed by atoms with Crippen LogP contribution in [-0.2, 0) is 6.61 Å². The summed E-state index contributed by atoms with van der Waals surface area (Å²) in [5.74, 6) is 2.03. The summed E-state index contributed by atoms with van der Waals surface area (Å²) in [6, 6.07) is 7.31. The largest absolute Gasteiger partial charge is 0.484 e. The lowest BCUT2D eigenvalue weighted by Crippen LogP contribution is -1.98. The van der Waals surface area contributed by atoms with Crippen molar-refractivity contribution in [3.8, 4) is 5.75 Å². The Morgan fingerprint density at radius 1 is 1.32 bits per heavy atom. The summed E-state index contributed by atoms with van der Waals surface area (Å²) in [6.45, 7) is 5.94. The van der Waals surface area contributed by atoms with Gasteiger partial charge in [-0.2, -0.15) is 4.98 Å². The molecule has 0 saturated carbocycles. The molecule has 0 aliphatic heterocycles. The van der Waals surface area contributed by atoms with Crippen LogP contribution in [0.25, 0.3) is 0 Å². The van der Waals surface area contributed by atoms with E-state index in [0.717, 1.165) is 5.56 Å². The molecule has 1 aromatic carbocycles. The summed E-state index contributed by atoms with van der Waals surface area (Å²) >= 11 is 0. The molecule has 0 fully saturated rings. The first-order valence-electron chi connectivity index (χ1n) is 6.29. The van der Waals surface area contributed by atoms with Gasteiger partial charge in [-0.1, -0.05) is 31.1 Å². The van der Waals surface area contributed by atoms with Gasteiger partial charge in [-0.3, -0.25) is 0 Å². The fraction of sp³-hybridized carbons (Fsp3) is 0.429. The van der Waals surface area contributed by atoms with E-state index in [0.29, 0.717) is 17.5 Å². The zero-order chi connectivity index (χ0) is 13.8. The summed E-state index contributed by atoms with van der Waals surface area (Å²) in [7, 11) is 0. The van der Waals surface area contributed by atoms with Gasteiger partial charge in [0.1, 0.15) is 5.75 Å². The van der Waals surface area contributed by atoms with Gasteiger partial charge in [0.2, 0.25) is 0 Å². The van der Waals surface area contributed by atoms with Crippen LogP contribution in [-0.4, -0.2) is 15.2 Å². The second-order valence-electron chi connectivity index (χ2n) is 4.74. The highest BCUT2D eigenvalue weighted by Crippen LogP contribution is 2.19. The minimum Gasteiger partial charge on any atom is -0.484 e. The zero-order valence-corrected chi connectivity index (χ0v) is 11.3.